The van der Waals surface area contributed by atoms with Crippen molar-refractivity contribution in [2.75, 3.05) is 25.1 Å². The minimum absolute atomic E-state index is 0.00539. The van der Waals surface area contributed by atoms with E-state index in [4.69, 9.17) is 20.7 Å². The fourth-order valence-electron chi connectivity index (χ4n) is 1.23. The molecule has 0 aromatic heterocycles. The summed E-state index contributed by atoms with van der Waals surface area (Å²) in [5.41, 5.74) is 5.49. The molecule has 0 atom stereocenters. The predicted octanol–water partition coefficient (Wildman–Crippen LogP) is -0.347. The molecule has 0 aliphatic heterocycles. The van der Waals surface area contributed by atoms with E-state index >= 15 is 0 Å². The minimum atomic E-state index is -1.11. The fraction of sp³-hybridized carbons (Fsp3) is 0.273. The molecule has 0 unspecified atom stereocenters. The zero-order chi connectivity index (χ0) is 13.5. The molecule has 0 heterocycles. The summed E-state index contributed by atoms with van der Waals surface area (Å²) in [4.78, 5) is 22.0. The van der Waals surface area contributed by atoms with E-state index in [0.717, 1.165) is 0 Å². The fourth-order valence-corrected chi connectivity index (χ4v) is 1.23. The van der Waals surface area contributed by atoms with Crippen LogP contribution in [0.4, 0.5) is 5.69 Å². The molecule has 0 fully saturated rings. The lowest BCUT2D eigenvalue weighted by Gasteiger charge is -2.12. The molecule has 0 saturated heterocycles. The lowest BCUT2D eigenvalue weighted by Crippen LogP contribution is -2.22. The maximum absolute atomic E-state index is 11.2. The number of hydrogen-bond donors (Lipinski definition) is 4. The highest BCUT2D eigenvalue weighted by atomic mass is 16.5. The van der Waals surface area contributed by atoms with E-state index in [0.29, 0.717) is 5.69 Å². The molecule has 1 rings (SSSR count). The third-order valence-electron chi connectivity index (χ3n) is 2.04. The second kappa shape index (κ2) is 6.58. The van der Waals surface area contributed by atoms with Crippen LogP contribution >= 0.6 is 0 Å². The number of carboxylic acid groups (broad SMARTS) is 1. The van der Waals surface area contributed by atoms with Crippen LogP contribution in [-0.4, -0.2) is 41.8 Å². The summed E-state index contributed by atoms with van der Waals surface area (Å²) < 4.78 is 5.15. The molecular weight excluding hydrogens is 240 g/mol. The molecule has 0 spiro atoms. The molecule has 0 bridgehead atoms. The Bertz CT molecular complexity index is 447. The first kappa shape index (κ1) is 13.9. The first-order valence-corrected chi connectivity index (χ1v) is 5.19. The van der Waals surface area contributed by atoms with Crippen LogP contribution in [0, 0.1) is 0 Å². The number of aromatic carboxylic acids is 1. The summed E-state index contributed by atoms with van der Waals surface area (Å²) >= 11 is 0. The molecule has 0 saturated carbocycles. The minimum Gasteiger partial charge on any atom is -0.489 e. The number of carbonyl (C=O) groups excluding carboxylic acids is 1. The van der Waals surface area contributed by atoms with Gasteiger partial charge < -0.3 is 26.0 Å². The first-order valence-electron chi connectivity index (χ1n) is 5.19. The second-order valence-electron chi connectivity index (χ2n) is 3.34. The molecule has 1 aromatic rings. The Morgan fingerprint density at radius 2 is 2.11 bits per heavy atom. The summed E-state index contributed by atoms with van der Waals surface area (Å²) in [5.74, 6) is -1.36. The molecule has 5 N–H and O–H groups in total. The lowest BCUT2D eigenvalue weighted by molar-refractivity contribution is -0.114. The van der Waals surface area contributed by atoms with Gasteiger partial charge in [-0.3, -0.25) is 4.79 Å². The van der Waals surface area contributed by atoms with Crippen LogP contribution in [0.15, 0.2) is 18.2 Å². The number of ether oxygens (including phenoxy) is 1. The molecular formula is C11H14N2O5. The van der Waals surface area contributed by atoms with Gasteiger partial charge in [0.05, 0.1) is 24.4 Å². The molecule has 0 aliphatic rings. The Morgan fingerprint density at radius 1 is 1.39 bits per heavy atom. The normalized spacial score (nSPS) is 9.89. The first-order chi connectivity index (χ1) is 8.58. The number of hydrogen-bond acceptors (Lipinski definition) is 5. The summed E-state index contributed by atoms with van der Waals surface area (Å²) in [6, 6.07) is 4.01. The van der Waals surface area contributed by atoms with Crippen LogP contribution < -0.4 is 15.8 Å². The molecule has 7 nitrogen and oxygen atoms in total. The SMILES string of the molecule is NCC(=O)Nc1ccc(C(=O)O)cc1OCCO. The van der Waals surface area contributed by atoms with Crippen LogP contribution in [0.2, 0.25) is 0 Å². The van der Waals surface area contributed by atoms with Crippen LogP contribution in [0.5, 0.6) is 5.75 Å². The average molecular weight is 254 g/mol. The summed E-state index contributed by atoms with van der Waals surface area (Å²) in [7, 11) is 0. The topological polar surface area (TPSA) is 122 Å². The number of nitrogens with one attached hydrogen (secondary N) is 1. The van der Waals surface area contributed by atoms with E-state index in [9.17, 15) is 9.59 Å². The standard InChI is InChI=1S/C11H14N2O5/c12-6-10(15)13-8-2-1-7(11(16)17)5-9(8)18-4-3-14/h1-2,5,14H,3-4,6,12H2,(H,13,15)(H,16,17). The summed E-state index contributed by atoms with van der Waals surface area (Å²) in [6.07, 6.45) is 0. The van der Waals surface area contributed by atoms with E-state index in [1.54, 1.807) is 0 Å². The highest BCUT2D eigenvalue weighted by Crippen LogP contribution is 2.26. The van der Waals surface area contributed by atoms with Gasteiger partial charge in [0.1, 0.15) is 12.4 Å². The molecule has 7 heteroatoms. The molecule has 1 aromatic carbocycles. The Kier molecular flexibility index (Phi) is 5.09. The van der Waals surface area contributed by atoms with Crippen molar-refractivity contribution in [3.8, 4) is 5.75 Å². The van der Waals surface area contributed by atoms with Gasteiger partial charge in [-0.05, 0) is 18.2 Å². The Morgan fingerprint density at radius 3 is 2.67 bits per heavy atom. The van der Waals surface area contributed by atoms with Gasteiger partial charge in [0.25, 0.3) is 0 Å². The Hall–Kier alpha value is -2.12. The smallest absolute Gasteiger partial charge is 0.335 e. The Balaban J connectivity index is 2.99. The van der Waals surface area contributed by atoms with Gasteiger partial charge in [-0.2, -0.15) is 0 Å². The van der Waals surface area contributed by atoms with Gasteiger partial charge >= 0.3 is 5.97 Å². The van der Waals surface area contributed by atoms with Crippen molar-refractivity contribution in [3.63, 3.8) is 0 Å². The number of carboxylic acids is 1. The van der Waals surface area contributed by atoms with Gasteiger partial charge in [0.15, 0.2) is 0 Å². The van der Waals surface area contributed by atoms with Crippen molar-refractivity contribution < 1.29 is 24.5 Å². The van der Waals surface area contributed by atoms with Crippen LogP contribution in [0.1, 0.15) is 10.4 Å². The van der Waals surface area contributed by atoms with E-state index < -0.39 is 11.9 Å². The number of aliphatic hydroxyl groups excluding tert-OH is 1. The van der Waals surface area contributed by atoms with Crippen LogP contribution in [0.25, 0.3) is 0 Å². The second-order valence-corrected chi connectivity index (χ2v) is 3.34. The van der Waals surface area contributed by atoms with Crippen molar-refractivity contribution in [1.29, 1.82) is 0 Å². The van der Waals surface area contributed by atoms with Gasteiger partial charge in [0.2, 0.25) is 5.91 Å². The van der Waals surface area contributed by atoms with E-state index in [1.807, 2.05) is 0 Å². The number of nitrogens with two attached hydrogens (primary N) is 1. The van der Waals surface area contributed by atoms with Gasteiger partial charge in [-0.15, -0.1) is 0 Å². The number of rotatable bonds is 6. The summed E-state index contributed by atoms with van der Waals surface area (Å²) in [5, 5.41) is 20.0. The van der Waals surface area contributed by atoms with Crippen molar-refractivity contribution >= 4 is 17.6 Å². The third-order valence-corrected chi connectivity index (χ3v) is 2.04. The average Bonchev–Trinajstić information content (AvgIpc) is 2.37. The zero-order valence-electron chi connectivity index (χ0n) is 9.55. The number of anilines is 1. The van der Waals surface area contributed by atoms with E-state index in [2.05, 4.69) is 5.32 Å². The number of amides is 1. The maximum Gasteiger partial charge on any atom is 0.335 e. The maximum atomic E-state index is 11.2. The van der Waals surface area contributed by atoms with E-state index in [-0.39, 0.29) is 31.1 Å². The number of carbonyl (C=O) groups is 2. The predicted molar refractivity (Wildman–Crippen MR) is 63.7 cm³/mol. The molecule has 1 amide bonds. The number of aliphatic hydroxyl groups is 1. The number of benzene rings is 1. The van der Waals surface area contributed by atoms with Gasteiger partial charge in [-0.25, -0.2) is 4.79 Å². The van der Waals surface area contributed by atoms with Crippen LogP contribution in [-0.2, 0) is 4.79 Å². The van der Waals surface area contributed by atoms with Crippen LogP contribution in [0.3, 0.4) is 0 Å². The monoisotopic (exact) mass is 254 g/mol. The molecule has 18 heavy (non-hydrogen) atoms. The molecule has 98 valence electrons. The van der Waals surface area contributed by atoms with Crippen molar-refractivity contribution in [3.05, 3.63) is 23.8 Å². The lowest BCUT2D eigenvalue weighted by atomic mass is 10.2. The van der Waals surface area contributed by atoms with Crippen molar-refractivity contribution in [2.24, 2.45) is 5.73 Å². The highest BCUT2D eigenvalue weighted by molar-refractivity contribution is 5.95. The van der Waals surface area contributed by atoms with Crippen molar-refractivity contribution in [2.45, 2.75) is 0 Å². The zero-order valence-corrected chi connectivity index (χ0v) is 9.55. The largest absolute Gasteiger partial charge is 0.489 e. The quantitative estimate of drug-likeness (QED) is 0.550. The highest BCUT2D eigenvalue weighted by Gasteiger charge is 2.11. The third kappa shape index (κ3) is 3.72. The summed E-state index contributed by atoms with van der Waals surface area (Å²) in [6.45, 7) is -0.420. The Labute approximate surface area is 103 Å². The van der Waals surface area contributed by atoms with Gasteiger partial charge in [-0.1, -0.05) is 0 Å². The van der Waals surface area contributed by atoms with E-state index in [1.165, 1.54) is 18.2 Å². The molecule has 0 aliphatic carbocycles. The molecule has 0 radical (unpaired) electrons. The van der Waals surface area contributed by atoms with Gasteiger partial charge in [0, 0.05) is 0 Å². The van der Waals surface area contributed by atoms with Crippen molar-refractivity contribution in [1.82, 2.24) is 0 Å².